The second kappa shape index (κ2) is 6.99. The van der Waals surface area contributed by atoms with Crippen molar-refractivity contribution < 1.29 is 9.90 Å². The average Bonchev–Trinajstić information content (AvgIpc) is 3.05. The maximum Gasteiger partial charge on any atom is 0.355 e. The van der Waals surface area contributed by atoms with Crippen LogP contribution in [-0.2, 0) is 0 Å². The van der Waals surface area contributed by atoms with Crippen LogP contribution in [0.3, 0.4) is 0 Å². The van der Waals surface area contributed by atoms with Crippen LogP contribution in [0.2, 0.25) is 5.02 Å². The molecular weight excluding hydrogens is 342 g/mol. The van der Waals surface area contributed by atoms with Gasteiger partial charge in [-0.15, -0.1) is 11.8 Å². The molecule has 3 rings (SSSR count). The van der Waals surface area contributed by atoms with Gasteiger partial charge in [0.2, 0.25) is 0 Å². The van der Waals surface area contributed by atoms with E-state index in [1.165, 1.54) is 22.9 Å². The summed E-state index contributed by atoms with van der Waals surface area (Å²) in [5, 5.41) is 10.1. The maximum absolute atomic E-state index is 11.5. The third-order valence-corrected chi connectivity index (χ3v) is 5.34. The number of carboxylic acid groups (broad SMARTS) is 1. The van der Waals surface area contributed by atoms with Crippen molar-refractivity contribution in [1.82, 2.24) is 4.98 Å². The number of thioether (sulfide) groups is 1. The highest BCUT2D eigenvalue weighted by Gasteiger charge is 2.22. The van der Waals surface area contributed by atoms with E-state index in [9.17, 15) is 9.90 Å². The van der Waals surface area contributed by atoms with Gasteiger partial charge in [0.15, 0.2) is 5.69 Å². The largest absolute Gasteiger partial charge is 0.476 e. The molecule has 5 heteroatoms. The summed E-state index contributed by atoms with van der Waals surface area (Å²) in [5.74, 6) is -0.986. The van der Waals surface area contributed by atoms with Gasteiger partial charge in [0.1, 0.15) is 0 Å². The molecule has 0 spiro atoms. The number of hydrogen-bond donors (Lipinski definition) is 1. The Hall–Kier alpha value is -1.78. The molecule has 24 heavy (non-hydrogen) atoms. The van der Waals surface area contributed by atoms with Gasteiger partial charge in [-0.3, -0.25) is 0 Å². The number of aromatic nitrogens is 1. The van der Waals surface area contributed by atoms with Gasteiger partial charge in [-0.2, -0.15) is 0 Å². The molecule has 0 fully saturated rings. The van der Waals surface area contributed by atoms with E-state index in [-0.39, 0.29) is 5.69 Å². The predicted molar refractivity (Wildman–Crippen MR) is 99.8 cm³/mol. The van der Waals surface area contributed by atoms with E-state index < -0.39 is 5.97 Å². The number of allylic oxidation sites excluding steroid dienone is 2. The summed E-state index contributed by atoms with van der Waals surface area (Å²) in [7, 11) is 0. The first-order valence-electron chi connectivity index (χ1n) is 7.78. The molecule has 0 saturated heterocycles. The number of aromatic carboxylic acids is 1. The van der Waals surface area contributed by atoms with Crippen molar-refractivity contribution in [2.45, 2.75) is 31.1 Å². The molecule has 0 amide bonds. The lowest BCUT2D eigenvalue weighted by Crippen LogP contribution is -2.05. The number of carboxylic acids is 1. The van der Waals surface area contributed by atoms with E-state index in [1.54, 1.807) is 0 Å². The van der Waals surface area contributed by atoms with Gasteiger partial charge in [-0.05, 0) is 79.0 Å². The van der Waals surface area contributed by atoms with Crippen LogP contribution in [0.4, 0.5) is 0 Å². The van der Waals surface area contributed by atoms with Crippen molar-refractivity contribution in [2.24, 2.45) is 0 Å². The topological polar surface area (TPSA) is 50.2 Å². The number of carbonyl (C=O) groups is 1. The van der Waals surface area contributed by atoms with Crippen LogP contribution in [0.1, 0.15) is 46.6 Å². The van der Waals surface area contributed by atoms with Gasteiger partial charge in [0.05, 0.1) is 5.69 Å². The molecule has 1 heterocycles. The Balaban J connectivity index is 2.15. The number of pyridine rings is 1. The molecule has 0 atom stereocenters. The fourth-order valence-corrected chi connectivity index (χ4v) is 3.88. The van der Waals surface area contributed by atoms with E-state index in [0.29, 0.717) is 9.92 Å². The maximum atomic E-state index is 11.5. The van der Waals surface area contributed by atoms with Gasteiger partial charge < -0.3 is 5.11 Å². The van der Waals surface area contributed by atoms with Crippen LogP contribution < -0.4 is 0 Å². The zero-order valence-electron chi connectivity index (χ0n) is 13.6. The Morgan fingerprint density at radius 2 is 1.96 bits per heavy atom. The number of halogens is 1. The lowest BCUT2D eigenvalue weighted by atomic mass is 9.96. The van der Waals surface area contributed by atoms with Gasteiger partial charge in [-0.25, -0.2) is 9.78 Å². The Morgan fingerprint density at radius 1 is 1.21 bits per heavy atom. The normalized spacial score (nSPS) is 14.3. The lowest BCUT2D eigenvalue weighted by Gasteiger charge is -2.12. The highest BCUT2D eigenvalue weighted by molar-refractivity contribution is 7.98. The second-order valence-corrected chi connectivity index (χ2v) is 7.11. The quantitative estimate of drug-likeness (QED) is 0.726. The summed E-state index contributed by atoms with van der Waals surface area (Å²) in [4.78, 5) is 16.6. The van der Waals surface area contributed by atoms with Crippen molar-refractivity contribution in [2.75, 3.05) is 6.26 Å². The van der Waals surface area contributed by atoms with E-state index in [2.05, 4.69) is 11.9 Å². The summed E-state index contributed by atoms with van der Waals surface area (Å²) in [6.07, 6.45) is 4.78. The van der Waals surface area contributed by atoms with Crippen LogP contribution in [0.5, 0.6) is 0 Å². The SMILES string of the molecule is CSc1ccc(C2=C(c3cc(Cl)ccc3C)CCC2)nc1C(=O)O. The fraction of sp³-hybridized carbons (Fsp3) is 0.263. The molecule has 0 bridgehead atoms. The zero-order valence-corrected chi connectivity index (χ0v) is 15.2. The van der Waals surface area contributed by atoms with Crippen LogP contribution >= 0.6 is 23.4 Å². The Bertz CT molecular complexity index is 845. The fourth-order valence-electron chi connectivity index (χ4n) is 3.18. The molecule has 0 saturated carbocycles. The summed E-state index contributed by atoms with van der Waals surface area (Å²) >= 11 is 7.58. The summed E-state index contributed by atoms with van der Waals surface area (Å²) in [5.41, 5.74) is 5.57. The molecule has 3 nitrogen and oxygen atoms in total. The van der Waals surface area contributed by atoms with Gasteiger partial charge in [0, 0.05) is 9.92 Å². The average molecular weight is 360 g/mol. The molecule has 1 aliphatic rings. The number of aryl methyl sites for hydroxylation is 1. The summed E-state index contributed by atoms with van der Waals surface area (Å²) in [6.45, 7) is 2.07. The van der Waals surface area contributed by atoms with Crippen molar-refractivity contribution >= 4 is 40.5 Å². The summed E-state index contributed by atoms with van der Waals surface area (Å²) in [6, 6.07) is 9.69. The Morgan fingerprint density at radius 3 is 2.67 bits per heavy atom. The van der Waals surface area contributed by atoms with Crippen LogP contribution in [0.25, 0.3) is 11.1 Å². The van der Waals surface area contributed by atoms with Crippen LogP contribution in [0.15, 0.2) is 35.2 Å². The molecule has 124 valence electrons. The molecule has 1 aliphatic carbocycles. The minimum Gasteiger partial charge on any atom is -0.476 e. The smallest absolute Gasteiger partial charge is 0.355 e. The number of nitrogens with zero attached hydrogens (tertiary/aromatic N) is 1. The number of benzene rings is 1. The van der Waals surface area contributed by atoms with E-state index >= 15 is 0 Å². The van der Waals surface area contributed by atoms with E-state index in [4.69, 9.17) is 11.6 Å². The first-order valence-corrected chi connectivity index (χ1v) is 9.38. The molecule has 1 aromatic heterocycles. The van der Waals surface area contributed by atoms with Crippen LogP contribution in [0, 0.1) is 6.92 Å². The lowest BCUT2D eigenvalue weighted by molar-refractivity contribution is 0.0686. The van der Waals surface area contributed by atoms with E-state index in [0.717, 1.165) is 36.1 Å². The Labute approximate surface area is 150 Å². The minimum absolute atomic E-state index is 0.126. The summed E-state index contributed by atoms with van der Waals surface area (Å²) < 4.78 is 0. The number of hydrogen-bond acceptors (Lipinski definition) is 3. The van der Waals surface area contributed by atoms with Crippen LogP contribution in [-0.4, -0.2) is 22.3 Å². The van der Waals surface area contributed by atoms with Gasteiger partial charge in [0.25, 0.3) is 0 Å². The molecule has 1 N–H and O–H groups in total. The number of rotatable bonds is 4. The molecule has 1 aromatic carbocycles. The van der Waals surface area contributed by atoms with Crippen molar-refractivity contribution in [3.8, 4) is 0 Å². The van der Waals surface area contributed by atoms with Crippen molar-refractivity contribution in [3.05, 3.63) is 57.9 Å². The standard InChI is InChI=1S/C19H18ClNO2S/c1-11-6-7-12(20)10-15(11)13-4-3-5-14(13)16-8-9-17(24-2)18(21-16)19(22)23/h6-10H,3-5H2,1-2H3,(H,22,23). The van der Waals surface area contributed by atoms with Gasteiger partial charge >= 0.3 is 5.97 Å². The Kier molecular flexibility index (Phi) is 4.97. The van der Waals surface area contributed by atoms with E-state index in [1.807, 2.05) is 36.6 Å². The molecule has 2 aromatic rings. The van der Waals surface area contributed by atoms with Crippen molar-refractivity contribution in [1.29, 1.82) is 0 Å². The monoisotopic (exact) mass is 359 g/mol. The molecule has 0 aliphatic heterocycles. The molecule has 0 unspecified atom stereocenters. The second-order valence-electron chi connectivity index (χ2n) is 5.82. The molecule has 0 radical (unpaired) electrons. The van der Waals surface area contributed by atoms with Gasteiger partial charge in [-0.1, -0.05) is 17.7 Å². The predicted octanol–water partition coefficient (Wildman–Crippen LogP) is 5.56. The molecular formula is C19H18ClNO2S. The third-order valence-electron chi connectivity index (χ3n) is 4.33. The zero-order chi connectivity index (χ0) is 17.3. The highest BCUT2D eigenvalue weighted by Crippen LogP contribution is 2.41. The first-order chi connectivity index (χ1) is 11.5. The van der Waals surface area contributed by atoms with Crippen molar-refractivity contribution in [3.63, 3.8) is 0 Å². The third kappa shape index (κ3) is 3.21. The first kappa shape index (κ1) is 17.1. The minimum atomic E-state index is -0.986. The highest BCUT2D eigenvalue weighted by atomic mass is 35.5.